The lowest BCUT2D eigenvalue weighted by molar-refractivity contribution is -0.143. The van der Waals surface area contributed by atoms with E-state index in [2.05, 4.69) is 41.3 Å². The van der Waals surface area contributed by atoms with Crippen LogP contribution in [0.25, 0.3) is 0 Å². The molecule has 20 nitrogen and oxygen atoms in total. The van der Waals surface area contributed by atoms with Gasteiger partial charge in [-0.3, -0.25) is 28.7 Å². The summed E-state index contributed by atoms with van der Waals surface area (Å²) in [7, 11) is -3.89. The number of hydrogen-bond acceptors (Lipinski definition) is 12. The number of rotatable bonds is 35. The van der Waals surface area contributed by atoms with Crippen LogP contribution >= 0.6 is 0 Å². The van der Waals surface area contributed by atoms with Crippen molar-refractivity contribution < 1.29 is 52.2 Å². The Morgan fingerprint density at radius 3 is 1.61 bits per heavy atom. The number of carbonyl (C=O) groups excluding carboxylic acids is 5. The van der Waals surface area contributed by atoms with Gasteiger partial charge in [-0.05, 0) is 49.0 Å². The molecule has 9 N–H and O–H groups in total. The maximum absolute atomic E-state index is 12.3. The first kappa shape index (κ1) is 49.3. The monoisotopic (exact) mass is 815 g/mol. The number of carboxylic acid groups (broad SMARTS) is 2. The molecule has 0 aliphatic rings. The molecule has 0 spiro atoms. The van der Waals surface area contributed by atoms with Gasteiger partial charge in [0, 0.05) is 45.1 Å². The molecule has 0 aliphatic carbocycles. The van der Waals surface area contributed by atoms with Gasteiger partial charge in [0.1, 0.15) is 17.9 Å². The zero-order valence-electron chi connectivity index (χ0n) is 32.2. The molecule has 2 atom stereocenters. The largest absolute Gasteiger partial charge is 0.480 e. The Hall–Kier alpha value is -4.69. The van der Waals surface area contributed by atoms with Crippen LogP contribution in [0.15, 0.2) is 0 Å². The van der Waals surface area contributed by atoms with Crippen LogP contribution in [0.1, 0.15) is 147 Å². The van der Waals surface area contributed by atoms with Crippen LogP contribution in [0.5, 0.6) is 0 Å². The highest BCUT2D eigenvalue weighted by Gasteiger charge is 2.24. The van der Waals surface area contributed by atoms with Gasteiger partial charge in [0.15, 0.2) is 0 Å². The molecule has 0 radical (unpaired) electrons. The Kier molecular flexibility index (Phi) is 26.1. The second-order valence-corrected chi connectivity index (χ2v) is 15.6. The normalized spacial score (nSPS) is 12.3. The molecule has 1 aromatic rings. The molecule has 0 bridgehead atoms. The summed E-state index contributed by atoms with van der Waals surface area (Å²) in [5.41, 5.74) is 4.99. The minimum Gasteiger partial charge on any atom is -0.480 e. The minimum absolute atomic E-state index is 0.0240. The predicted molar refractivity (Wildman–Crippen MR) is 203 cm³/mol. The molecular formula is C35H61N9O11S. The lowest BCUT2D eigenvalue weighted by Gasteiger charge is -2.16. The molecule has 1 heterocycles. The van der Waals surface area contributed by atoms with Gasteiger partial charge < -0.3 is 31.9 Å². The number of carboxylic acids is 2. The van der Waals surface area contributed by atoms with Crippen LogP contribution in [-0.4, -0.2) is 105 Å². The van der Waals surface area contributed by atoms with Crippen molar-refractivity contribution in [3.63, 3.8) is 0 Å². The zero-order chi connectivity index (χ0) is 41.6. The van der Waals surface area contributed by atoms with Gasteiger partial charge in [0.05, 0.1) is 5.75 Å². The molecule has 0 aromatic carbocycles. The number of primary amides is 1. The Balaban J connectivity index is 2.07. The topological polar surface area (TPSA) is 323 Å². The molecule has 0 aliphatic heterocycles. The number of nitrogens with two attached hydrogens (primary N) is 1. The maximum atomic E-state index is 12.3. The average molecular weight is 816 g/mol. The summed E-state index contributed by atoms with van der Waals surface area (Å²) < 4.78 is 26.6. The van der Waals surface area contributed by atoms with Crippen molar-refractivity contribution in [2.45, 2.75) is 160 Å². The van der Waals surface area contributed by atoms with Crippen LogP contribution < -0.4 is 26.4 Å². The quantitative estimate of drug-likeness (QED) is 0.0451. The van der Waals surface area contributed by atoms with E-state index in [-0.39, 0.29) is 57.9 Å². The Labute approximate surface area is 328 Å². The second kappa shape index (κ2) is 29.6. The third-order valence-corrected chi connectivity index (χ3v) is 10.2. The first-order valence-corrected chi connectivity index (χ1v) is 21.2. The summed E-state index contributed by atoms with van der Waals surface area (Å²) in [6, 6.07) is -2.82. The molecule has 21 heteroatoms. The molecule has 318 valence electrons. The van der Waals surface area contributed by atoms with Gasteiger partial charge in [-0.2, -0.15) is 0 Å². The van der Waals surface area contributed by atoms with Crippen LogP contribution in [0.2, 0.25) is 0 Å². The number of aryl methyl sites for hydroxylation is 1. The molecule has 0 saturated heterocycles. The lowest BCUT2D eigenvalue weighted by Crippen LogP contribution is -2.44. The Morgan fingerprint density at radius 1 is 0.607 bits per heavy atom. The molecule has 5 amide bonds. The Morgan fingerprint density at radius 2 is 1.09 bits per heavy atom. The molecule has 0 saturated carbocycles. The molecule has 2 unspecified atom stereocenters. The van der Waals surface area contributed by atoms with Crippen LogP contribution in [-0.2, 0) is 50.0 Å². The third kappa shape index (κ3) is 27.0. The standard InChI is InChI=1S/C35H61N9O11S/c36-28(45)22-20-26(34(50)51)39-32(48)23-21-27(35(52)53)38-31(47)18-14-24-37-30(46)19-15-25-56(54,55)42-33(49)17-13-11-9-7-5-3-1-2-4-6-8-10-12-16-29-40-43-44-41-29/h26-27H,1-25H2,(H2,36,45)(H,37,46)(H,38,47)(H,39,48)(H,42,49)(H,50,51)(H,52,53)(H,40,41,43,44). The number of nitrogens with zero attached hydrogens (tertiary/aromatic N) is 3. The minimum atomic E-state index is -3.89. The lowest BCUT2D eigenvalue weighted by atomic mass is 10.0. The number of H-pyrrole nitrogens is 1. The summed E-state index contributed by atoms with van der Waals surface area (Å²) in [5, 5.41) is 39.4. The van der Waals surface area contributed by atoms with E-state index >= 15 is 0 Å². The summed E-state index contributed by atoms with van der Waals surface area (Å²) in [4.78, 5) is 82.3. The molecule has 1 aromatic heterocycles. The van der Waals surface area contributed by atoms with Crippen LogP contribution in [0, 0.1) is 0 Å². The third-order valence-electron chi connectivity index (χ3n) is 8.80. The van der Waals surface area contributed by atoms with Crippen LogP contribution in [0.3, 0.4) is 0 Å². The highest BCUT2D eigenvalue weighted by Crippen LogP contribution is 2.14. The number of nitrogens with one attached hydrogen (secondary N) is 5. The number of tetrazole rings is 1. The number of amides is 5. The highest BCUT2D eigenvalue weighted by atomic mass is 32.2. The van der Waals surface area contributed by atoms with E-state index < -0.39 is 75.8 Å². The second-order valence-electron chi connectivity index (χ2n) is 13.8. The summed E-state index contributed by atoms with van der Waals surface area (Å²) in [6.07, 6.45) is 13.9. The SMILES string of the molecule is NC(=O)CCC(NC(=O)CCC(NC(=O)CCCNC(=O)CCCS(=O)(=O)NC(=O)CCCCCCCCCCCCCCCc1nnn[nH]1)C(=O)O)C(=O)O. The molecule has 56 heavy (non-hydrogen) atoms. The van der Waals surface area contributed by atoms with Crippen molar-refractivity contribution in [2.24, 2.45) is 5.73 Å². The van der Waals surface area contributed by atoms with Crippen molar-refractivity contribution >= 4 is 51.5 Å². The van der Waals surface area contributed by atoms with Crippen molar-refractivity contribution in [1.82, 2.24) is 41.3 Å². The predicted octanol–water partition coefficient (Wildman–Crippen LogP) is 1.51. The van der Waals surface area contributed by atoms with Gasteiger partial charge in [0.25, 0.3) is 0 Å². The summed E-state index contributed by atoms with van der Waals surface area (Å²) in [5.74, 6) is -5.58. The van der Waals surface area contributed by atoms with E-state index in [0.29, 0.717) is 6.42 Å². The van der Waals surface area contributed by atoms with E-state index in [1.165, 1.54) is 44.9 Å². The van der Waals surface area contributed by atoms with E-state index in [9.17, 15) is 47.1 Å². The maximum Gasteiger partial charge on any atom is 0.326 e. The number of aromatic amines is 1. The van der Waals surface area contributed by atoms with E-state index in [4.69, 9.17) is 10.8 Å². The Bertz CT molecular complexity index is 1460. The van der Waals surface area contributed by atoms with E-state index in [0.717, 1.165) is 44.3 Å². The molecule has 1 rings (SSSR count). The number of hydrogen-bond donors (Lipinski definition) is 8. The number of aromatic nitrogens is 4. The van der Waals surface area contributed by atoms with Gasteiger partial charge in [-0.15, -0.1) is 5.10 Å². The molecule has 0 fully saturated rings. The fourth-order valence-corrected chi connectivity index (χ4v) is 6.76. The zero-order valence-corrected chi connectivity index (χ0v) is 33.0. The summed E-state index contributed by atoms with van der Waals surface area (Å²) >= 11 is 0. The van der Waals surface area contributed by atoms with Crippen molar-refractivity contribution in [2.75, 3.05) is 12.3 Å². The van der Waals surface area contributed by atoms with Gasteiger partial charge >= 0.3 is 11.9 Å². The van der Waals surface area contributed by atoms with E-state index in [1.54, 1.807) is 0 Å². The van der Waals surface area contributed by atoms with Crippen LogP contribution in [0.4, 0.5) is 0 Å². The smallest absolute Gasteiger partial charge is 0.326 e. The fraction of sp³-hybridized carbons (Fsp3) is 0.771. The van der Waals surface area contributed by atoms with Crippen molar-refractivity contribution in [3.05, 3.63) is 5.82 Å². The average Bonchev–Trinajstić information content (AvgIpc) is 3.65. The number of sulfonamides is 1. The number of carbonyl (C=O) groups is 7. The molecular weight excluding hydrogens is 755 g/mol. The van der Waals surface area contributed by atoms with Gasteiger partial charge in [-0.25, -0.2) is 23.1 Å². The first-order valence-electron chi connectivity index (χ1n) is 19.5. The highest BCUT2D eigenvalue weighted by molar-refractivity contribution is 7.90. The fourth-order valence-electron chi connectivity index (χ4n) is 5.68. The van der Waals surface area contributed by atoms with Gasteiger partial charge in [-0.1, -0.05) is 70.6 Å². The van der Waals surface area contributed by atoms with E-state index in [1.807, 2.05) is 0 Å². The first-order chi connectivity index (χ1) is 26.7. The summed E-state index contributed by atoms with van der Waals surface area (Å²) in [6.45, 7) is 0.0591. The van der Waals surface area contributed by atoms with Crippen molar-refractivity contribution in [3.8, 4) is 0 Å². The van der Waals surface area contributed by atoms with Crippen molar-refractivity contribution in [1.29, 1.82) is 0 Å². The number of unbranched alkanes of at least 4 members (excludes halogenated alkanes) is 12. The number of aliphatic carboxylic acids is 2. The van der Waals surface area contributed by atoms with Gasteiger partial charge in [0.2, 0.25) is 39.6 Å².